The van der Waals surface area contributed by atoms with Crippen molar-refractivity contribution in [3.63, 3.8) is 0 Å². The predicted octanol–water partition coefficient (Wildman–Crippen LogP) is 1.97. The molecule has 86 valence electrons. The van der Waals surface area contributed by atoms with Crippen LogP contribution >= 0.6 is 0 Å². The lowest BCUT2D eigenvalue weighted by Gasteiger charge is -2.11. The van der Waals surface area contributed by atoms with Crippen LogP contribution in [0.15, 0.2) is 4.52 Å². The third kappa shape index (κ3) is 3.28. The molecule has 0 fully saturated rings. The summed E-state index contributed by atoms with van der Waals surface area (Å²) >= 11 is 0. The lowest BCUT2D eigenvalue weighted by atomic mass is 10.2. The second kappa shape index (κ2) is 5.82. The molecule has 0 aliphatic carbocycles. The molecule has 0 saturated carbocycles. The Bertz CT molecular complexity index is 280. The highest BCUT2D eigenvalue weighted by atomic mass is 16.5. The van der Waals surface area contributed by atoms with Crippen molar-refractivity contribution < 1.29 is 9.26 Å². The Morgan fingerprint density at radius 1 is 1.47 bits per heavy atom. The number of nitrogens with zero attached hydrogens (tertiary/aromatic N) is 2. The second-order valence-electron chi connectivity index (χ2n) is 3.51. The average molecular weight is 213 g/mol. The monoisotopic (exact) mass is 213 g/mol. The molecule has 2 unspecified atom stereocenters. The fourth-order valence-electron chi connectivity index (χ4n) is 1.31. The first-order valence-electron chi connectivity index (χ1n) is 5.39. The van der Waals surface area contributed by atoms with Crippen LogP contribution in [0.4, 0.5) is 0 Å². The summed E-state index contributed by atoms with van der Waals surface area (Å²) in [6, 6.07) is -0.227. The molecule has 0 aliphatic rings. The molecule has 0 amide bonds. The maximum absolute atomic E-state index is 5.64. The van der Waals surface area contributed by atoms with E-state index < -0.39 is 0 Å². The summed E-state index contributed by atoms with van der Waals surface area (Å²) in [5.41, 5.74) is 5.64. The molecule has 15 heavy (non-hydrogen) atoms. The molecule has 2 N–H and O–H groups in total. The normalized spacial score (nSPS) is 15.2. The lowest BCUT2D eigenvalue weighted by Crippen LogP contribution is -2.08. The second-order valence-corrected chi connectivity index (χ2v) is 3.51. The summed E-state index contributed by atoms with van der Waals surface area (Å²) in [5, 5.41) is 3.88. The zero-order valence-corrected chi connectivity index (χ0v) is 9.56. The molecule has 5 nitrogen and oxygen atoms in total. The van der Waals surface area contributed by atoms with E-state index in [0.717, 1.165) is 12.8 Å². The van der Waals surface area contributed by atoms with E-state index in [1.807, 2.05) is 13.8 Å². The van der Waals surface area contributed by atoms with E-state index in [9.17, 15) is 0 Å². The summed E-state index contributed by atoms with van der Waals surface area (Å²) in [4.78, 5) is 4.22. The lowest BCUT2D eigenvalue weighted by molar-refractivity contribution is 0.0477. The standard InChI is InChI=1S/C10H19N3O2/c1-4-6-8(14-5-2)9-12-10(7(3)11)15-13-9/h7-8H,4-6,11H2,1-3H3. The molecule has 0 bridgehead atoms. The Kier molecular flexibility index (Phi) is 4.71. The van der Waals surface area contributed by atoms with E-state index in [1.54, 1.807) is 0 Å². The quantitative estimate of drug-likeness (QED) is 0.782. The molecule has 1 aromatic rings. The van der Waals surface area contributed by atoms with E-state index >= 15 is 0 Å². The van der Waals surface area contributed by atoms with Gasteiger partial charge in [0.05, 0.1) is 6.04 Å². The summed E-state index contributed by atoms with van der Waals surface area (Å²) in [6.07, 6.45) is 1.84. The van der Waals surface area contributed by atoms with Crippen molar-refractivity contribution >= 4 is 0 Å². The van der Waals surface area contributed by atoms with Crippen LogP contribution < -0.4 is 5.73 Å². The van der Waals surface area contributed by atoms with Crippen LogP contribution in [-0.2, 0) is 4.74 Å². The molecule has 0 radical (unpaired) electrons. The topological polar surface area (TPSA) is 74.2 Å². The highest BCUT2D eigenvalue weighted by molar-refractivity contribution is 4.94. The van der Waals surface area contributed by atoms with Crippen molar-refractivity contribution in [2.24, 2.45) is 5.73 Å². The molecule has 5 heteroatoms. The molecule has 2 atom stereocenters. The molecule has 1 aromatic heterocycles. The van der Waals surface area contributed by atoms with Crippen LogP contribution in [0, 0.1) is 0 Å². The minimum Gasteiger partial charge on any atom is -0.370 e. The first kappa shape index (κ1) is 12.1. The highest BCUT2D eigenvalue weighted by Crippen LogP contribution is 2.20. The van der Waals surface area contributed by atoms with Crippen molar-refractivity contribution in [3.05, 3.63) is 11.7 Å². The van der Waals surface area contributed by atoms with Gasteiger partial charge in [-0.1, -0.05) is 18.5 Å². The number of nitrogens with two attached hydrogens (primary N) is 1. The minimum absolute atomic E-state index is 0.0729. The maximum atomic E-state index is 5.64. The zero-order valence-electron chi connectivity index (χ0n) is 9.56. The summed E-state index contributed by atoms with van der Waals surface area (Å²) in [7, 11) is 0. The first-order valence-corrected chi connectivity index (χ1v) is 5.39. The Morgan fingerprint density at radius 2 is 2.20 bits per heavy atom. The molecule has 1 rings (SSSR count). The predicted molar refractivity (Wildman–Crippen MR) is 56.2 cm³/mol. The molecule has 0 saturated heterocycles. The minimum atomic E-state index is -0.227. The number of hydrogen-bond donors (Lipinski definition) is 1. The first-order chi connectivity index (χ1) is 7.19. The van der Waals surface area contributed by atoms with Crippen LogP contribution in [0.3, 0.4) is 0 Å². The molecular formula is C10H19N3O2. The third-order valence-electron chi connectivity index (χ3n) is 2.05. The van der Waals surface area contributed by atoms with Gasteiger partial charge in [-0.15, -0.1) is 0 Å². The summed E-state index contributed by atoms with van der Waals surface area (Å²) in [5.74, 6) is 1.07. The SMILES string of the molecule is CCCC(OCC)c1noc(C(C)N)n1. The Labute approximate surface area is 90.0 Å². The third-order valence-corrected chi connectivity index (χ3v) is 2.05. The van der Waals surface area contributed by atoms with Crippen molar-refractivity contribution in [1.82, 2.24) is 10.1 Å². The zero-order chi connectivity index (χ0) is 11.3. The molecule has 1 heterocycles. The van der Waals surface area contributed by atoms with Crippen LogP contribution in [0.25, 0.3) is 0 Å². The van der Waals surface area contributed by atoms with Gasteiger partial charge in [0, 0.05) is 6.61 Å². The molecule has 0 aromatic carbocycles. The van der Waals surface area contributed by atoms with Gasteiger partial charge in [0.1, 0.15) is 6.10 Å². The highest BCUT2D eigenvalue weighted by Gasteiger charge is 2.18. The Morgan fingerprint density at radius 3 is 2.67 bits per heavy atom. The van der Waals surface area contributed by atoms with E-state index in [4.69, 9.17) is 15.0 Å². The summed E-state index contributed by atoms with van der Waals surface area (Å²) < 4.78 is 10.6. The van der Waals surface area contributed by atoms with Gasteiger partial charge in [0.15, 0.2) is 0 Å². The van der Waals surface area contributed by atoms with Crippen molar-refractivity contribution in [2.45, 2.75) is 45.8 Å². The maximum Gasteiger partial charge on any atom is 0.243 e. The van der Waals surface area contributed by atoms with Crippen LogP contribution in [0.1, 0.15) is 57.5 Å². The summed E-state index contributed by atoms with van der Waals surface area (Å²) in [6.45, 7) is 6.51. The molecular weight excluding hydrogens is 194 g/mol. The van der Waals surface area contributed by atoms with E-state index in [2.05, 4.69) is 17.1 Å². The van der Waals surface area contributed by atoms with E-state index in [1.165, 1.54) is 0 Å². The largest absolute Gasteiger partial charge is 0.370 e. The van der Waals surface area contributed by atoms with E-state index in [0.29, 0.717) is 18.3 Å². The van der Waals surface area contributed by atoms with Gasteiger partial charge in [0.2, 0.25) is 11.7 Å². The van der Waals surface area contributed by atoms with Gasteiger partial charge in [0.25, 0.3) is 0 Å². The van der Waals surface area contributed by atoms with Gasteiger partial charge in [-0.3, -0.25) is 0 Å². The van der Waals surface area contributed by atoms with Crippen molar-refractivity contribution in [3.8, 4) is 0 Å². The van der Waals surface area contributed by atoms with Crippen LogP contribution in [0.2, 0.25) is 0 Å². The van der Waals surface area contributed by atoms with E-state index in [-0.39, 0.29) is 12.1 Å². The smallest absolute Gasteiger partial charge is 0.243 e. The fraction of sp³-hybridized carbons (Fsp3) is 0.800. The van der Waals surface area contributed by atoms with Gasteiger partial charge in [-0.05, 0) is 20.3 Å². The van der Waals surface area contributed by atoms with Gasteiger partial charge < -0.3 is 15.0 Å². The average Bonchev–Trinajstić information content (AvgIpc) is 2.66. The number of hydrogen-bond acceptors (Lipinski definition) is 5. The van der Waals surface area contributed by atoms with Gasteiger partial charge in [-0.25, -0.2) is 0 Å². The molecule has 0 spiro atoms. The van der Waals surface area contributed by atoms with Crippen LogP contribution in [-0.4, -0.2) is 16.7 Å². The van der Waals surface area contributed by atoms with Crippen molar-refractivity contribution in [2.75, 3.05) is 6.61 Å². The van der Waals surface area contributed by atoms with Crippen LogP contribution in [0.5, 0.6) is 0 Å². The Hall–Kier alpha value is -0.940. The van der Waals surface area contributed by atoms with Gasteiger partial charge >= 0.3 is 0 Å². The molecule has 0 aliphatic heterocycles. The number of ether oxygens (including phenoxy) is 1. The fourth-order valence-corrected chi connectivity index (χ4v) is 1.31. The number of rotatable bonds is 6. The van der Waals surface area contributed by atoms with Crippen molar-refractivity contribution in [1.29, 1.82) is 0 Å². The van der Waals surface area contributed by atoms with Gasteiger partial charge in [-0.2, -0.15) is 4.98 Å². The number of aromatic nitrogens is 2. The Balaban J connectivity index is 2.72.